The first-order valence-electron chi connectivity index (χ1n) is 8.49. The van der Waals surface area contributed by atoms with Gasteiger partial charge in [0.15, 0.2) is 0 Å². The lowest BCUT2D eigenvalue weighted by molar-refractivity contribution is 0.193. The van der Waals surface area contributed by atoms with E-state index in [1.807, 2.05) is 6.92 Å². The highest BCUT2D eigenvalue weighted by molar-refractivity contribution is 7.90. The third kappa shape index (κ3) is 4.64. The summed E-state index contributed by atoms with van der Waals surface area (Å²) in [6, 6.07) is 2.10. The molecule has 2 saturated heterocycles. The second kappa shape index (κ2) is 7.33. The van der Waals surface area contributed by atoms with Gasteiger partial charge in [-0.1, -0.05) is 0 Å². The highest BCUT2D eigenvalue weighted by Gasteiger charge is 2.23. The van der Waals surface area contributed by atoms with Crippen molar-refractivity contribution in [3.8, 4) is 0 Å². The molecule has 0 aliphatic carbocycles. The average molecular weight is 354 g/mol. The number of anilines is 1. The van der Waals surface area contributed by atoms with Crippen molar-refractivity contribution in [3.63, 3.8) is 0 Å². The number of aryl methyl sites for hydroxylation is 1. The molecule has 2 fully saturated rings. The van der Waals surface area contributed by atoms with Gasteiger partial charge in [0.25, 0.3) is 0 Å². The molecule has 1 aromatic rings. The van der Waals surface area contributed by atoms with E-state index >= 15 is 0 Å². The summed E-state index contributed by atoms with van der Waals surface area (Å²) in [7, 11) is -2.90. The molecule has 0 N–H and O–H groups in total. The van der Waals surface area contributed by atoms with Crippen LogP contribution in [-0.4, -0.2) is 81.2 Å². The number of aromatic nitrogens is 2. The van der Waals surface area contributed by atoms with Gasteiger partial charge in [0, 0.05) is 57.6 Å². The van der Waals surface area contributed by atoms with Gasteiger partial charge < -0.3 is 9.64 Å². The molecule has 3 heterocycles. The predicted molar refractivity (Wildman–Crippen MR) is 93.3 cm³/mol. The number of sulfone groups is 1. The number of nitrogens with zero attached hydrogens (tertiary/aromatic N) is 4. The minimum atomic E-state index is -2.90. The minimum Gasteiger partial charge on any atom is -0.381 e. The highest BCUT2D eigenvalue weighted by Crippen LogP contribution is 2.26. The van der Waals surface area contributed by atoms with Crippen LogP contribution >= 0.6 is 0 Å². The van der Waals surface area contributed by atoms with Crippen molar-refractivity contribution in [2.45, 2.75) is 19.3 Å². The van der Waals surface area contributed by atoms with Gasteiger partial charge in [0.1, 0.15) is 21.5 Å². The summed E-state index contributed by atoms with van der Waals surface area (Å²) in [5.74, 6) is 2.38. The summed E-state index contributed by atoms with van der Waals surface area (Å²) in [5, 5.41) is 0. The Morgan fingerprint density at radius 3 is 2.62 bits per heavy atom. The van der Waals surface area contributed by atoms with Crippen LogP contribution in [0, 0.1) is 6.92 Å². The molecule has 0 spiro atoms. The molecule has 0 saturated carbocycles. The fourth-order valence-electron chi connectivity index (χ4n) is 3.21. The maximum atomic E-state index is 11.3. The summed E-state index contributed by atoms with van der Waals surface area (Å²) in [6.45, 7) is 7.55. The van der Waals surface area contributed by atoms with Gasteiger partial charge in [-0.15, -0.1) is 0 Å². The summed E-state index contributed by atoms with van der Waals surface area (Å²) in [4.78, 5) is 13.7. The summed E-state index contributed by atoms with van der Waals surface area (Å²) >= 11 is 0. The quantitative estimate of drug-likeness (QED) is 0.760. The van der Waals surface area contributed by atoms with Gasteiger partial charge >= 0.3 is 0 Å². The first-order valence-corrected chi connectivity index (χ1v) is 10.5. The number of rotatable bonds is 5. The van der Waals surface area contributed by atoms with E-state index in [1.165, 1.54) is 6.26 Å². The third-order valence-corrected chi connectivity index (χ3v) is 5.59. The first-order chi connectivity index (χ1) is 11.4. The van der Waals surface area contributed by atoms with E-state index in [4.69, 9.17) is 4.74 Å². The Balaban J connectivity index is 1.61. The summed E-state index contributed by atoms with van der Waals surface area (Å²) in [5.41, 5.74) is 1.08. The summed E-state index contributed by atoms with van der Waals surface area (Å²) < 4.78 is 28.1. The van der Waals surface area contributed by atoms with Crippen LogP contribution in [0.2, 0.25) is 0 Å². The molecule has 134 valence electrons. The molecule has 0 radical (unpaired) electrons. The van der Waals surface area contributed by atoms with Gasteiger partial charge in [0.2, 0.25) is 0 Å². The topological polar surface area (TPSA) is 75.6 Å². The normalized spacial score (nSPS) is 22.9. The zero-order valence-electron chi connectivity index (χ0n) is 14.4. The Morgan fingerprint density at radius 2 is 2.00 bits per heavy atom. The Bertz CT molecular complexity index is 666. The van der Waals surface area contributed by atoms with Crippen molar-refractivity contribution < 1.29 is 13.2 Å². The number of hydrogen-bond acceptors (Lipinski definition) is 7. The van der Waals surface area contributed by atoms with Crippen molar-refractivity contribution in [1.82, 2.24) is 14.9 Å². The minimum absolute atomic E-state index is 0.228. The van der Waals surface area contributed by atoms with E-state index in [9.17, 15) is 8.42 Å². The predicted octanol–water partition coefficient (Wildman–Crippen LogP) is 0.456. The molecule has 1 atom stereocenters. The van der Waals surface area contributed by atoms with E-state index in [0.29, 0.717) is 12.5 Å². The maximum absolute atomic E-state index is 11.3. The second-order valence-corrected chi connectivity index (χ2v) is 8.98. The molecule has 1 aromatic heterocycles. The van der Waals surface area contributed by atoms with Crippen LogP contribution in [0.15, 0.2) is 6.07 Å². The van der Waals surface area contributed by atoms with Gasteiger partial charge in [-0.2, -0.15) is 0 Å². The van der Waals surface area contributed by atoms with Crippen LogP contribution in [0.4, 0.5) is 5.82 Å². The number of ether oxygens (including phenoxy) is 1. The van der Waals surface area contributed by atoms with Crippen molar-refractivity contribution in [2.75, 3.05) is 62.8 Å². The van der Waals surface area contributed by atoms with E-state index in [0.717, 1.165) is 63.1 Å². The maximum Gasteiger partial charge on any atom is 0.148 e. The number of hydrogen-bond donors (Lipinski definition) is 0. The fraction of sp³-hybridized carbons (Fsp3) is 0.750. The average Bonchev–Trinajstić information content (AvgIpc) is 3.07. The Morgan fingerprint density at radius 1 is 1.25 bits per heavy atom. The third-order valence-electron chi connectivity index (χ3n) is 4.67. The largest absolute Gasteiger partial charge is 0.381 e. The lowest BCUT2D eigenvalue weighted by Gasteiger charge is -2.35. The van der Waals surface area contributed by atoms with Crippen LogP contribution in [0.1, 0.15) is 23.9 Å². The van der Waals surface area contributed by atoms with Crippen LogP contribution < -0.4 is 4.90 Å². The zero-order valence-corrected chi connectivity index (χ0v) is 15.3. The molecule has 0 unspecified atom stereocenters. The Labute approximate surface area is 143 Å². The van der Waals surface area contributed by atoms with Crippen LogP contribution in [-0.2, 0) is 14.6 Å². The van der Waals surface area contributed by atoms with Crippen LogP contribution in [0.25, 0.3) is 0 Å². The van der Waals surface area contributed by atoms with Crippen LogP contribution in [0.3, 0.4) is 0 Å². The van der Waals surface area contributed by atoms with E-state index in [2.05, 4.69) is 25.8 Å². The van der Waals surface area contributed by atoms with Crippen molar-refractivity contribution >= 4 is 15.7 Å². The van der Waals surface area contributed by atoms with Crippen molar-refractivity contribution in [1.29, 1.82) is 0 Å². The van der Waals surface area contributed by atoms with Crippen molar-refractivity contribution in [3.05, 3.63) is 17.6 Å². The molecule has 0 bridgehead atoms. The standard InChI is InChI=1S/C16H26N4O3S/c1-13-17-15(14-3-9-23-12-14)11-16(18-13)20-6-4-19(5-7-20)8-10-24(2,21)22/h11,14H,3-10,12H2,1-2H3/t14-/m1/s1. The molecule has 8 heteroatoms. The van der Waals surface area contributed by atoms with Gasteiger partial charge in [-0.3, -0.25) is 4.90 Å². The SMILES string of the molecule is Cc1nc([C@@H]2CCOC2)cc(N2CCN(CCS(C)(=O)=O)CC2)n1. The van der Waals surface area contributed by atoms with Gasteiger partial charge in [-0.05, 0) is 13.3 Å². The molecule has 0 aromatic carbocycles. The van der Waals surface area contributed by atoms with Crippen molar-refractivity contribution in [2.24, 2.45) is 0 Å². The molecular formula is C16H26N4O3S. The summed E-state index contributed by atoms with van der Waals surface area (Å²) in [6.07, 6.45) is 2.32. The van der Waals surface area contributed by atoms with E-state index in [1.54, 1.807) is 0 Å². The molecule has 3 rings (SSSR count). The molecule has 2 aliphatic heterocycles. The fourth-order valence-corrected chi connectivity index (χ4v) is 3.80. The Kier molecular flexibility index (Phi) is 5.36. The Hall–Kier alpha value is -1.25. The second-order valence-electron chi connectivity index (χ2n) is 6.72. The lowest BCUT2D eigenvalue weighted by atomic mass is 10.0. The lowest BCUT2D eigenvalue weighted by Crippen LogP contribution is -2.48. The van der Waals surface area contributed by atoms with E-state index < -0.39 is 9.84 Å². The molecule has 2 aliphatic rings. The molecular weight excluding hydrogens is 328 g/mol. The first kappa shape index (κ1) is 17.6. The molecule has 7 nitrogen and oxygen atoms in total. The van der Waals surface area contributed by atoms with Crippen LogP contribution in [0.5, 0.6) is 0 Å². The molecule has 24 heavy (non-hydrogen) atoms. The molecule has 0 amide bonds. The smallest absolute Gasteiger partial charge is 0.148 e. The van der Waals surface area contributed by atoms with Gasteiger partial charge in [0.05, 0.1) is 18.1 Å². The van der Waals surface area contributed by atoms with Gasteiger partial charge in [-0.25, -0.2) is 18.4 Å². The monoisotopic (exact) mass is 354 g/mol. The highest BCUT2D eigenvalue weighted by atomic mass is 32.2. The van der Waals surface area contributed by atoms with E-state index in [-0.39, 0.29) is 5.75 Å². The zero-order chi connectivity index (χ0) is 17.2. The number of piperazine rings is 1.